The molecule has 6 aromatic rings. The first-order chi connectivity index (χ1) is 29.0. The van der Waals surface area contributed by atoms with Crippen LogP contribution in [0.5, 0.6) is 11.5 Å². The van der Waals surface area contributed by atoms with E-state index in [4.69, 9.17) is 4.74 Å². The molecule has 0 amide bonds. The van der Waals surface area contributed by atoms with E-state index < -0.39 is 0 Å². The third kappa shape index (κ3) is 8.22. The normalized spacial score (nSPS) is 13.5. The molecule has 2 aliphatic rings. The second-order valence-electron chi connectivity index (χ2n) is 17.8. The topological polar surface area (TPSA) is 12.5 Å². The Bertz CT molecular complexity index is 2350. The van der Waals surface area contributed by atoms with Gasteiger partial charge < -0.3 is 9.64 Å². The fraction of sp³-hybridized carbons (Fsp3) is 0.404. The second-order valence-corrected chi connectivity index (χ2v) is 17.8. The van der Waals surface area contributed by atoms with Crippen LogP contribution in [0.1, 0.15) is 151 Å². The number of fused-ring (bicyclic) bond motifs is 7. The van der Waals surface area contributed by atoms with E-state index in [1.807, 2.05) is 0 Å². The van der Waals surface area contributed by atoms with Crippen LogP contribution in [-0.2, 0) is 11.8 Å². The predicted octanol–water partition coefficient (Wildman–Crippen LogP) is 17.8. The highest BCUT2D eigenvalue weighted by Crippen LogP contribution is 2.59. The van der Waals surface area contributed by atoms with E-state index in [0.29, 0.717) is 0 Å². The van der Waals surface area contributed by atoms with Gasteiger partial charge >= 0.3 is 0 Å². The van der Waals surface area contributed by atoms with Gasteiger partial charge in [0.05, 0.1) is 11.4 Å². The highest BCUT2D eigenvalue weighted by atomic mass is 16.5. The van der Waals surface area contributed by atoms with Crippen molar-refractivity contribution in [2.75, 3.05) is 4.90 Å². The Hall–Kier alpha value is -4.82. The zero-order chi connectivity index (χ0) is 40.8. The number of rotatable bonds is 19. The van der Waals surface area contributed by atoms with E-state index in [-0.39, 0.29) is 5.41 Å². The minimum absolute atomic E-state index is 0.00553. The Kier molecular flexibility index (Phi) is 12.9. The molecule has 0 saturated heterocycles. The number of hydrogen-bond donors (Lipinski definition) is 0. The van der Waals surface area contributed by atoms with Gasteiger partial charge in [-0.05, 0) is 137 Å². The molecule has 0 unspecified atom stereocenters. The van der Waals surface area contributed by atoms with Crippen LogP contribution in [0.3, 0.4) is 0 Å². The van der Waals surface area contributed by atoms with Crippen LogP contribution in [0.15, 0.2) is 109 Å². The average molecular weight is 782 g/mol. The first-order valence-electron chi connectivity index (χ1n) is 23.5. The number of nitrogens with zero attached hydrogens (tertiary/aromatic N) is 1. The molecule has 0 fully saturated rings. The molecule has 0 saturated carbocycles. The molecule has 0 radical (unpaired) electrons. The molecule has 59 heavy (non-hydrogen) atoms. The molecule has 0 N–H and O–H groups in total. The van der Waals surface area contributed by atoms with E-state index >= 15 is 0 Å². The third-order valence-corrected chi connectivity index (χ3v) is 13.7. The molecule has 1 aliphatic carbocycles. The summed E-state index contributed by atoms with van der Waals surface area (Å²) < 4.78 is 6.87. The van der Waals surface area contributed by atoms with Gasteiger partial charge in [0, 0.05) is 11.1 Å². The lowest BCUT2D eigenvalue weighted by molar-refractivity contribution is 0.396. The number of unbranched alkanes of at least 4 members (excludes halogenated alkanes) is 11. The number of benzene rings is 6. The SMILES string of the molecule is CCCCCCCCC1(CCCCCCCC)c2ccc3ccccc3c2-c2ccc(-c3ccc4c(c3)Oc3cc(C)ccc3N4c3ccc(CCCC)cc3)c(C)c21. The van der Waals surface area contributed by atoms with Crippen LogP contribution in [0, 0.1) is 13.8 Å². The van der Waals surface area contributed by atoms with Crippen LogP contribution in [-0.4, -0.2) is 0 Å². The molecule has 0 aromatic heterocycles. The van der Waals surface area contributed by atoms with E-state index in [1.165, 1.54) is 158 Å². The van der Waals surface area contributed by atoms with Crippen molar-refractivity contribution >= 4 is 27.8 Å². The van der Waals surface area contributed by atoms with Crippen molar-refractivity contribution in [1.82, 2.24) is 0 Å². The van der Waals surface area contributed by atoms with Gasteiger partial charge in [-0.3, -0.25) is 0 Å². The standard InChI is InChI=1S/C57H67NO/c1-6-9-12-14-16-20-37-57(38-21-17-15-13-10-7-2)50-34-28-44-23-18-19-24-48(44)55(50)49-33-32-47(42(5)56(49)57)45-29-36-52-54(40-45)59-53-39-41(4)25-35-51(53)58(52)46-30-26-43(27-31-46)22-11-8-3/h18-19,23-36,39-40H,6-17,20-22,37-38H2,1-5H3. The van der Waals surface area contributed by atoms with Crippen molar-refractivity contribution in [1.29, 1.82) is 0 Å². The summed E-state index contributed by atoms with van der Waals surface area (Å²) >= 11 is 0. The van der Waals surface area contributed by atoms with Crippen molar-refractivity contribution in [3.05, 3.63) is 137 Å². The molecule has 306 valence electrons. The zero-order valence-corrected chi connectivity index (χ0v) is 36.8. The molecule has 2 heteroatoms. The predicted molar refractivity (Wildman–Crippen MR) is 254 cm³/mol. The summed E-state index contributed by atoms with van der Waals surface area (Å²) in [5, 5.41) is 2.75. The van der Waals surface area contributed by atoms with Crippen molar-refractivity contribution < 1.29 is 4.74 Å². The van der Waals surface area contributed by atoms with E-state index in [1.54, 1.807) is 11.1 Å². The van der Waals surface area contributed by atoms with Gasteiger partial charge in [-0.2, -0.15) is 0 Å². The van der Waals surface area contributed by atoms with Crippen LogP contribution < -0.4 is 9.64 Å². The van der Waals surface area contributed by atoms with Crippen molar-refractivity contribution in [2.24, 2.45) is 0 Å². The smallest absolute Gasteiger partial charge is 0.152 e. The highest BCUT2D eigenvalue weighted by molar-refractivity contribution is 6.03. The Morgan fingerprint density at radius 3 is 1.88 bits per heavy atom. The lowest BCUT2D eigenvalue weighted by Crippen LogP contribution is -2.26. The third-order valence-electron chi connectivity index (χ3n) is 13.7. The van der Waals surface area contributed by atoms with Gasteiger partial charge in [0.2, 0.25) is 0 Å². The second kappa shape index (κ2) is 18.6. The summed E-state index contributed by atoms with van der Waals surface area (Å²) in [6.45, 7) is 11.5. The van der Waals surface area contributed by atoms with E-state index in [2.05, 4.69) is 149 Å². The largest absolute Gasteiger partial charge is 0.453 e. The van der Waals surface area contributed by atoms with Crippen molar-refractivity contribution in [3.8, 4) is 33.8 Å². The first kappa shape index (κ1) is 40.9. The summed E-state index contributed by atoms with van der Waals surface area (Å²) in [4.78, 5) is 2.39. The van der Waals surface area contributed by atoms with Crippen molar-refractivity contribution in [3.63, 3.8) is 0 Å². The highest BCUT2D eigenvalue weighted by Gasteiger charge is 2.44. The molecule has 8 rings (SSSR count). The van der Waals surface area contributed by atoms with Gasteiger partial charge in [-0.15, -0.1) is 0 Å². The molecular weight excluding hydrogens is 715 g/mol. The Labute approximate surface area is 356 Å². The van der Waals surface area contributed by atoms with Gasteiger partial charge in [0.15, 0.2) is 11.5 Å². The van der Waals surface area contributed by atoms with Gasteiger partial charge in [0.25, 0.3) is 0 Å². The first-order valence-corrected chi connectivity index (χ1v) is 23.5. The van der Waals surface area contributed by atoms with Crippen LogP contribution in [0.4, 0.5) is 17.1 Å². The number of ether oxygens (including phenoxy) is 1. The minimum Gasteiger partial charge on any atom is -0.453 e. The molecule has 1 aliphatic heterocycles. The lowest BCUT2D eigenvalue weighted by atomic mass is 9.68. The lowest BCUT2D eigenvalue weighted by Gasteiger charge is -2.35. The summed E-state index contributed by atoms with van der Waals surface area (Å²) in [7, 11) is 0. The quantitative estimate of drug-likeness (QED) is 0.0758. The monoisotopic (exact) mass is 782 g/mol. The van der Waals surface area contributed by atoms with Crippen LogP contribution in [0.25, 0.3) is 33.0 Å². The van der Waals surface area contributed by atoms with Crippen LogP contribution >= 0.6 is 0 Å². The number of aryl methyl sites for hydroxylation is 2. The Balaban J connectivity index is 1.22. The van der Waals surface area contributed by atoms with Crippen LogP contribution in [0.2, 0.25) is 0 Å². The summed E-state index contributed by atoms with van der Waals surface area (Å²) in [6.07, 6.45) is 21.8. The van der Waals surface area contributed by atoms with E-state index in [9.17, 15) is 0 Å². The molecule has 1 heterocycles. The molecule has 2 nitrogen and oxygen atoms in total. The summed E-state index contributed by atoms with van der Waals surface area (Å²) in [5.74, 6) is 1.82. The van der Waals surface area contributed by atoms with Gasteiger partial charge in [-0.25, -0.2) is 0 Å². The Morgan fingerprint density at radius 2 is 1.17 bits per heavy atom. The van der Waals surface area contributed by atoms with Gasteiger partial charge in [0.1, 0.15) is 0 Å². The molecule has 0 atom stereocenters. The maximum absolute atomic E-state index is 6.87. The molecule has 6 aromatic carbocycles. The molecule has 0 bridgehead atoms. The maximum atomic E-state index is 6.87. The molecule has 0 spiro atoms. The fourth-order valence-electron chi connectivity index (χ4n) is 10.6. The average Bonchev–Trinajstić information content (AvgIpc) is 3.55. The van der Waals surface area contributed by atoms with Crippen molar-refractivity contribution in [2.45, 2.75) is 149 Å². The van der Waals surface area contributed by atoms with E-state index in [0.717, 1.165) is 29.3 Å². The summed E-state index contributed by atoms with van der Waals surface area (Å²) in [6, 6.07) is 41.7. The zero-order valence-electron chi connectivity index (χ0n) is 36.8. The summed E-state index contributed by atoms with van der Waals surface area (Å²) in [5.41, 5.74) is 16.0. The number of hydrogen-bond acceptors (Lipinski definition) is 2. The number of anilines is 3. The minimum atomic E-state index is 0.00553. The molecular formula is C57H67NO. The Morgan fingerprint density at radius 1 is 0.542 bits per heavy atom. The fourth-order valence-corrected chi connectivity index (χ4v) is 10.6. The maximum Gasteiger partial charge on any atom is 0.152 e. The van der Waals surface area contributed by atoms with Gasteiger partial charge in [-0.1, -0.05) is 177 Å².